The summed E-state index contributed by atoms with van der Waals surface area (Å²) >= 11 is 0. The van der Waals surface area contributed by atoms with Crippen LogP contribution in [0.1, 0.15) is 54.4 Å². The third-order valence-electron chi connectivity index (χ3n) is 5.89. The van der Waals surface area contributed by atoms with Gasteiger partial charge in [0.15, 0.2) is 0 Å². The zero-order valence-electron chi connectivity index (χ0n) is 21.0. The lowest BCUT2D eigenvalue weighted by Gasteiger charge is -2.22. The number of nitrogens with one attached hydrogen (secondary N) is 1. The van der Waals surface area contributed by atoms with Gasteiger partial charge in [-0.1, -0.05) is 13.8 Å². The summed E-state index contributed by atoms with van der Waals surface area (Å²) in [6, 6.07) is 17.2. The zero-order chi connectivity index (χ0) is 25.5. The maximum absolute atomic E-state index is 12.6. The van der Waals surface area contributed by atoms with Crippen molar-refractivity contribution in [2.45, 2.75) is 39.7 Å². The maximum atomic E-state index is 12.6. The first-order valence-electron chi connectivity index (χ1n) is 11.8. The number of rotatable bonds is 11. The summed E-state index contributed by atoms with van der Waals surface area (Å²) in [5, 5.41) is 12.4. The Morgan fingerprint density at radius 3 is 2.31 bits per heavy atom. The van der Waals surface area contributed by atoms with Crippen LogP contribution in [-0.4, -0.2) is 42.6 Å². The average molecular weight is 479 g/mol. The third kappa shape index (κ3) is 6.88. The lowest BCUT2D eigenvalue weighted by Crippen LogP contribution is -2.29. The van der Waals surface area contributed by atoms with Crippen LogP contribution in [0.3, 0.4) is 0 Å². The van der Waals surface area contributed by atoms with Crippen molar-refractivity contribution in [2.24, 2.45) is 5.92 Å². The molecular weight excluding hydrogens is 444 g/mol. The molecule has 0 aliphatic heterocycles. The summed E-state index contributed by atoms with van der Waals surface area (Å²) in [6.45, 7) is 6.51. The number of ether oxygens (including phenoxy) is 1. The Balaban J connectivity index is 1.77. The minimum absolute atomic E-state index is 0.0329. The third-order valence-corrected chi connectivity index (χ3v) is 5.89. The maximum Gasteiger partial charge on any atom is 0.305 e. The fraction of sp³-hybridized carbons (Fsp3) is 0.357. The van der Waals surface area contributed by atoms with Crippen LogP contribution in [0.2, 0.25) is 0 Å². The van der Waals surface area contributed by atoms with E-state index in [2.05, 4.69) is 25.2 Å². The van der Waals surface area contributed by atoms with Crippen LogP contribution in [0.25, 0.3) is 11.3 Å². The molecule has 186 valence electrons. The number of nitrogens with zero attached hydrogens (tertiary/aromatic N) is 1. The van der Waals surface area contributed by atoms with E-state index in [1.807, 2.05) is 43.3 Å². The highest BCUT2D eigenvalue weighted by Gasteiger charge is 2.21. The normalized spacial score (nSPS) is 11.8. The number of benzene rings is 2. The summed E-state index contributed by atoms with van der Waals surface area (Å²) in [5.74, 6) is 1.79. The van der Waals surface area contributed by atoms with E-state index in [0.717, 1.165) is 40.5 Å². The van der Waals surface area contributed by atoms with Crippen molar-refractivity contribution in [3.05, 3.63) is 71.5 Å². The number of carboxylic acid groups (broad SMARTS) is 1. The molecule has 3 aromatic rings. The molecule has 0 radical (unpaired) electrons. The first-order chi connectivity index (χ1) is 16.7. The van der Waals surface area contributed by atoms with E-state index in [4.69, 9.17) is 14.3 Å². The van der Waals surface area contributed by atoms with Gasteiger partial charge < -0.3 is 24.5 Å². The van der Waals surface area contributed by atoms with Crippen molar-refractivity contribution in [3.8, 4) is 17.1 Å². The summed E-state index contributed by atoms with van der Waals surface area (Å²) in [4.78, 5) is 24.8. The van der Waals surface area contributed by atoms with Gasteiger partial charge in [-0.15, -0.1) is 0 Å². The molecule has 0 bridgehead atoms. The lowest BCUT2D eigenvalue weighted by molar-refractivity contribution is -0.137. The second kappa shape index (κ2) is 11.6. The van der Waals surface area contributed by atoms with E-state index < -0.39 is 5.97 Å². The van der Waals surface area contributed by atoms with Gasteiger partial charge in [0.25, 0.3) is 5.91 Å². The molecule has 7 nitrogen and oxygen atoms in total. The summed E-state index contributed by atoms with van der Waals surface area (Å²) in [5.41, 5.74) is 3.49. The van der Waals surface area contributed by atoms with Gasteiger partial charge in [-0.05, 0) is 73.9 Å². The van der Waals surface area contributed by atoms with Crippen LogP contribution in [0, 0.1) is 12.8 Å². The number of furan rings is 1. The first-order valence-corrected chi connectivity index (χ1v) is 11.8. The molecule has 0 saturated heterocycles. The number of carbonyl (C=O) groups excluding carboxylic acids is 1. The second-order valence-electron chi connectivity index (χ2n) is 9.12. The molecule has 3 rings (SSSR count). The number of anilines is 1. The molecule has 35 heavy (non-hydrogen) atoms. The van der Waals surface area contributed by atoms with Crippen LogP contribution in [-0.2, 0) is 4.79 Å². The molecule has 2 N–H and O–H groups in total. The van der Waals surface area contributed by atoms with E-state index in [9.17, 15) is 9.59 Å². The SMILES string of the molecule is COc1ccc(-c2cc(C(CC(C)C)Nc3ccc(C(=O)N(C)CCC(=O)O)cc3)c(C)o2)cc1. The largest absolute Gasteiger partial charge is 0.497 e. The Morgan fingerprint density at radius 2 is 1.74 bits per heavy atom. The average Bonchev–Trinajstić information content (AvgIpc) is 3.23. The van der Waals surface area contributed by atoms with Crippen molar-refractivity contribution in [2.75, 3.05) is 26.0 Å². The van der Waals surface area contributed by atoms with Crippen LogP contribution < -0.4 is 10.1 Å². The molecule has 1 aromatic heterocycles. The number of carboxylic acids is 1. The van der Waals surface area contributed by atoms with Gasteiger partial charge in [-0.2, -0.15) is 0 Å². The highest BCUT2D eigenvalue weighted by Crippen LogP contribution is 2.34. The second-order valence-corrected chi connectivity index (χ2v) is 9.12. The monoisotopic (exact) mass is 478 g/mol. The van der Waals surface area contributed by atoms with Crippen molar-refractivity contribution in [3.63, 3.8) is 0 Å². The quantitative estimate of drug-likeness (QED) is 0.351. The van der Waals surface area contributed by atoms with Gasteiger partial charge in [0.2, 0.25) is 0 Å². The Hall–Kier alpha value is -3.74. The Morgan fingerprint density at radius 1 is 1.09 bits per heavy atom. The molecule has 0 aliphatic carbocycles. The van der Waals surface area contributed by atoms with Crippen LogP contribution in [0.15, 0.2) is 59.0 Å². The molecule has 1 unspecified atom stereocenters. The minimum atomic E-state index is -0.926. The number of methoxy groups -OCH3 is 1. The van der Waals surface area contributed by atoms with Crippen LogP contribution >= 0.6 is 0 Å². The van der Waals surface area contributed by atoms with Crippen molar-refractivity contribution >= 4 is 17.6 Å². The van der Waals surface area contributed by atoms with Gasteiger partial charge in [-0.25, -0.2) is 0 Å². The number of hydrogen-bond donors (Lipinski definition) is 2. The Bertz CT molecular complexity index is 1130. The van der Waals surface area contributed by atoms with Gasteiger partial charge >= 0.3 is 5.97 Å². The summed E-state index contributed by atoms with van der Waals surface area (Å²) in [6.07, 6.45) is 0.822. The van der Waals surface area contributed by atoms with Crippen LogP contribution in [0.5, 0.6) is 5.75 Å². The predicted octanol–water partition coefficient (Wildman–Crippen LogP) is 6.01. The number of hydrogen-bond acceptors (Lipinski definition) is 5. The number of aliphatic carboxylic acids is 1. The van der Waals surface area contributed by atoms with E-state index in [1.54, 1.807) is 26.3 Å². The molecule has 0 aliphatic rings. The fourth-order valence-corrected chi connectivity index (χ4v) is 3.97. The Labute approximate surface area is 206 Å². The van der Waals surface area contributed by atoms with E-state index in [0.29, 0.717) is 11.5 Å². The molecule has 2 aromatic carbocycles. The molecule has 1 amide bonds. The van der Waals surface area contributed by atoms with Gasteiger partial charge in [0.1, 0.15) is 17.3 Å². The van der Waals surface area contributed by atoms with E-state index in [1.165, 1.54) is 4.90 Å². The summed E-state index contributed by atoms with van der Waals surface area (Å²) in [7, 11) is 3.25. The molecule has 0 fully saturated rings. The van der Waals surface area contributed by atoms with Crippen molar-refractivity contribution in [1.29, 1.82) is 0 Å². The molecule has 1 heterocycles. The van der Waals surface area contributed by atoms with Crippen molar-refractivity contribution < 1.29 is 23.8 Å². The fourth-order valence-electron chi connectivity index (χ4n) is 3.97. The number of amides is 1. The molecular formula is C28H34N2O5. The van der Waals surface area contributed by atoms with Gasteiger partial charge in [0, 0.05) is 36.0 Å². The molecule has 1 atom stereocenters. The van der Waals surface area contributed by atoms with Gasteiger partial charge in [0.05, 0.1) is 19.6 Å². The lowest BCUT2D eigenvalue weighted by atomic mass is 9.96. The summed E-state index contributed by atoms with van der Waals surface area (Å²) < 4.78 is 11.4. The zero-order valence-corrected chi connectivity index (χ0v) is 21.0. The van der Waals surface area contributed by atoms with Crippen LogP contribution in [0.4, 0.5) is 5.69 Å². The predicted molar refractivity (Wildman–Crippen MR) is 137 cm³/mol. The molecule has 0 saturated carbocycles. The van der Waals surface area contributed by atoms with Gasteiger partial charge in [-0.3, -0.25) is 9.59 Å². The molecule has 7 heteroatoms. The Kier molecular flexibility index (Phi) is 8.58. The minimum Gasteiger partial charge on any atom is -0.497 e. The topological polar surface area (TPSA) is 92.0 Å². The smallest absolute Gasteiger partial charge is 0.305 e. The highest BCUT2D eigenvalue weighted by molar-refractivity contribution is 5.94. The number of carbonyl (C=O) groups is 2. The van der Waals surface area contributed by atoms with E-state index >= 15 is 0 Å². The van der Waals surface area contributed by atoms with E-state index in [-0.39, 0.29) is 24.9 Å². The first kappa shape index (κ1) is 25.9. The highest BCUT2D eigenvalue weighted by atomic mass is 16.5. The number of aryl methyl sites for hydroxylation is 1. The van der Waals surface area contributed by atoms with Crippen molar-refractivity contribution in [1.82, 2.24) is 4.90 Å². The molecule has 0 spiro atoms. The standard InChI is InChI=1S/C28H34N2O5/c1-18(2)16-25(24-17-26(35-19(24)3)20-8-12-23(34-5)13-9-20)29-22-10-6-21(7-11-22)28(33)30(4)15-14-27(31)32/h6-13,17-18,25,29H,14-16H2,1-5H3,(H,31,32).